The van der Waals surface area contributed by atoms with Crippen LogP contribution in [0.15, 0.2) is 0 Å². The van der Waals surface area contributed by atoms with E-state index < -0.39 is 99.7 Å². The first-order valence-electron chi connectivity index (χ1n) is 42.2. The molecule has 7 N–H and O–H groups in total. The minimum Gasteiger partial charge on any atom is -0.480 e. The topological polar surface area (TPSA) is 258 Å². The van der Waals surface area contributed by atoms with Crippen molar-refractivity contribution in [1.29, 1.82) is 0 Å². The molecular weight excluding hydrogens is 1290 g/mol. The summed E-state index contributed by atoms with van der Waals surface area (Å²) in [5, 5.41) is 30.4. The first-order chi connectivity index (χ1) is 48.7. The molecule has 1 heterocycles. The predicted molar refractivity (Wildman–Crippen MR) is 408 cm³/mol. The van der Waals surface area contributed by atoms with Crippen LogP contribution in [0.1, 0.15) is 408 Å². The molecule has 592 valence electrons. The molecule has 0 aromatic rings. The number of aliphatic carboxylic acids is 1. The van der Waals surface area contributed by atoms with E-state index in [1.165, 1.54) is 186 Å². The van der Waals surface area contributed by atoms with E-state index in [1.807, 2.05) is 0 Å². The predicted octanol–water partition coefficient (Wildman–Crippen LogP) is 20.2. The van der Waals surface area contributed by atoms with Crippen molar-refractivity contribution in [3.05, 3.63) is 0 Å². The number of amides is 3. The van der Waals surface area contributed by atoms with E-state index in [4.69, 9.17) is 28.2 Å². The number of carboxylic acid groups (broad SMARTS) is 1. The van der Waals surface area contributed by atoms with Crippen molar-refractivity contribution in [2.75, 3.05) is 33.0 Å². The maximum absolute atomic E-state index is 14.9. The maximum atomic E-state index is 14.9. The molecule has 0 aliphatic carbocycles. The summed E-state index contributed by atoms with van der Waals surface area (Å²) < 4.78 is 50.6. The highest BCUT2D eigenvalue weighted by molar-refractivity contribution is 7.46. The molecular formula is C81H158N3O15P. The van der Waals surface area contributed by atoms with Crippen LogP contribution in [0.5, 0.6) is 0 Å². The number of carbonyl (C=O) groups excluding carboxylic acids is 3. The molecule has 1 rings (SSSR count). The summed E-state index contributed by atoms with van der Waals surface area (Å²) in [5.74, 6) is -3.01. The normalized spacial score (nSPS) is 17.7. The minimum atomic E-state index is -5.40. The SMILES string of the molecule is CCCCCCCCCCC[C@H](CC(=O)NC1[C@H](OC[C@H](NC(=O)C[C@@H](CCCCCCCCCCC)OCCCCCCCCCC)C(=O)O)OC(CO)[C@@H](OP(=O)(O)O)[C@@H]1NC(=O)C[C@@H](CCCCCCCCCCC)OCCCCCCCCCC)OCCCCCCCCCC. The van der Waals surface area contributed by atoms with Crippen LogP contribution in [0.3, 0.4) is 0 Å². The van der Waals surface area contributed by atoms with E-state index in [9.17, 15) is 43.7 Å². The van der Waals surface area contributed by atoms with E-state index in [-0.39, 0.29) is 19.3 Å². The second-order valence-electron chi connectivity index (χ2n) is 29.6. The fourth-order valence-corrected chi connectivity index (χ4v) is 14.4. The standard InChI is InChI=1S/C81H158N3O15P/c1-7-13-19-25-31-37-40-46-52-58-69(94-61-55-49-43-34-28-22-16-10-4)64-74(86)82-72(80(89)90)68-97-81-78(84-76(88)66-71(60-54-48-42-39-33-27-21-15-9-3)96-63-57-51-45-36-30-24-18-12-6)77(79(73(67-85)98-81)99-100(91,92)93)83-75(87)65-70(59-53-47-41-38-32-26-20-14-8-2)95-62-56-50-44-35-29-23-17-11-5/h69-73,77-79,81,85H,7-68H2,1-6H3,(H,82,86)(H,83,87)(H,84,88)(H,89,90)(H2,91,92,93)/t69-,70-,71-,72+,73?,77-,78?,79-,81-/m1/s1. The highest BCUT2D eigenvalue weighted by Crippen LogP contribution is 2.42. The van der Waals surface area contributed by atoms with Gasteiger partial charge in [0.15, 0.2) is 12.3 Å². The lowest BCUT2D eigenvalue weighted by Gasteiger charge is -2.46. The van der Waals surface area contributed by atoms with Crippen molar-refractivity contribution in [3.8, 4) is 0 Å². The molecule has 0 spiro atoms. The zero-order valence-electron chi connectivity index (χ0n) is 65.3. The monoisotopic (exact) mass is 1440 g/mol. The van der Waals surface area contributed by atoms with Gasteiger partial charge in [-0.05, 0) is 38.5 Å². The fourth-order valence-electron chi connectivity index (χ4n) is 13.8. The molecule has 1 aliphatic heterocycles. The number of aliphatic hydroxyl groups is 1. The smallest absolute Gasteiger partial charge is 0.470 e. The van der Waals surface area contributed by atoms with Crippen LogP contribution in [0.4, 0.5) is 0 Å². The Kier molecular flexibility index (Phi) is 65.6. The van der Waals surface area contributed by atoms with E-state index in [2.05, 4.69) is 57.5 Å². The van der Waals surface area contributed by atoms with Crippen LogP contribution < -0.4 is 16.0 Å². The first-order valence-corrected chi connectivity index (χ1v) is 43.8. The van der Waals surface area contributed by atoms with Crippen LogP contribution in [0.2, 0.25) is 0 Å². The van der Waals surface area contributed by atoms with Gasteiger partial charge in [0, 0.05) is 19.8 Å². The average molecular weight is 1450 g/mol. The summed E-state index contributed by atoms with van der Waals surface area (Å²) in [6.45, 7) is 13.2. The Hall–Kier alpha value is -2.25. The summed E-state index contributed by atoms with van der Waals surface area (Å²) in [4.78, 5) is 78.0. The van der Waals surface area contributed by atoms with Crippen molar-refractivity contribution in [1.82, 2.24) is 16.0 Å². The van der Waals surface area contributed by atoms with Gasteiger partial charge in [-0.15, -0.1) is 0 Å². The van der Waals surface area contributed by atoms with Crippen molar-refractivity contribution in [3.63, 3.8) is 0 Å². The van der Waals surface area contributed by atoms with Crippen molar-refractivity contribution in [2.45, 2.75) is 462 Å². The third-order valence-electron chi connectivity index (χ3n) is 20.0. The summed E-state index contributed by atoms with van der Waals surface area (Å²) in [5.41, 5.74) is 0. The van der Waals surface area contributed by atoms with Crippen molar-refractivity contribution < 1.29 is 72.0 Å². The average Bonchev–Trinajstić information content (AvgIpc) is 0.781. The molecule has 1 saturated heterocycles. The Bertz CT molecular complexity index is 1850. The van der Waals surface area contributed by atoms with Gasteiger partial charge in [0.25, 0.3) is 0 Å². The zero-order valence-corrected chi connectivity index (χ0v) is 66.2. The number of ether oxygens (including phenoxy) is 5. The maximum Gasteiger partial charge on any atom is 0.470 e. The molecule has 0 aromatic heterocycles. The van der Waals surface area contributed by atoms with Gasteiger partial charge >= 0.3 is 13.8 Å². The third-order valence-corrected chi connectivity index (χ3v) is 20.6. The molecule has 1 fully saturated rings. The Morgan fingerprint density at radius 3 is 0.940 bits per heavy atom. The number of hydrogen-bond donors (Lipinski definition) is 7. The molecule has 9 atom stereocenters. The summed E-state index contributed by atoms with van der Waals surface area (Å²) in [6.07, 6.45) is 52.9. The van der Waals surface area contributed by atoms with E-state index >= 15 is 0 Å². The largest absolute Gasteiger partial charge is 0.480 e. The molecule has 100 heavy (non-hydrogen) atoms. The molecule has 0 saturated carbocycles. The molecule has 3 amide bonds. The summed E-state index contributed by atoms with van der Waals surface area (Å²) >= 11 is 0. The van der Waals surface area contributed by atoms with Gasteiger partial charge in [0.2, 0.25) is 17.7 Å². The lowest BCUT2D eigenvalue weighted by Crippen LogP contribution is -2.70. The Labute approximate surface area is 612 Å². The quantitative estimate of drug-likeness (QED) is 0.0221. The molecule has 0 bridgehead atoms. The lowest BCUT2D eigenvalue weighted by molar-refractivity contribution is -0.249. The first kappa shape index (κ1) is 95.8. The minimum absolute atomic E-state index is 0.0667. The Morgan fingerprint density at radius 2 is 0.660 bits per heavy atom. The number of carboxylic acids is 1. The molecule has 0 radical (unpaired) electrons. The molecule has 19 heteroatoms. The second-order valence-corrected chi connectivity index (χ2v) is 30.8. The van der Waals surface area contributed by atoms with Crippen LogP contribution in [-0.4, -0.2) is 132 Å². The van der Waals surface area contributed by atoms with Gasteiger partial charge in [0.05, 0.1) is 56.8 Å². The fraction of sp³-hybridized carbons (Fsp3) is 0.951. The number of hydrogen-bond acceptors (Lipinski definition) is 12. The van der Waals surface area contributed by atoms with Gasteiger partial charge in [-0.2, -0.15) is 0 Å². The van der Waals surface area contributed by atoms with Crippen LogP contribution in [-0.2, 0) is 52.0 Å². The number of rotatable bonds is 76. The zero-order chi connectivity index (χ0) is 73.2. The Balaban J connectivity index is 3.73. The van der Waals surface area contributed by atoms with Crippen LogP contribution >= 0.6 is 7.82 Å². The number of unbranched alkanes of at least 4 members (excludes halogenated alkanes) is 45. The van der Waals surface area contributed by atoms with Gasteiger partial charge in [-0.3, -0.25) is 18.9 Å². The van der Waals surface area contributed by atoms with Gasteiger partial charge < -0.3 is 59.6 Å². The molecule has 1 aliphatic rings. The second kappa shape index (κ2) is 68.6. The van der Waals surface area contributed by atoms with Crippen LogP contribution in [0, 0.1) is 0 Å². The highest BCUT2D eigenvalue weighted by atomic mass is 31.2. The number of phosphoric ester groups is 1. The van der Waals surface area contributed by atoms with Gasteiger partial charge in [-0.25, -0.2) is 9.36 Å². The third kappa shape index (κ3) is 56.1. The van der Waals surface area contributed by atoms with E-state index in [0.29, 0.717) is 39.1 Å². The lowest BCUT2D eigenvalue weighted by atomic mass is 9.93. The van der Waals surface area contributed by atoms with Crippen molar-refractivity contribution in [2.24, 2.45) is 0 Å². The number of carbonyl (C=O) groups is 4. The van der Waals surface area contributed by atoms with E-state index in [1.54, 1.807) is 0 Å². The van der Waals surface area contributed by atoms with Crippen LogP contribution in [0.25, 0.3) is 0 Å². The van der Waals surface area contributed by atoms with E-state index in [0.717, 1.165) is 141 Å². The van der Waals surface area contributed by atoms with Crippen molar-refractivity contribution >= 4 is 31.5 Å². The Morgan fingerprint density at radius 1 is 0.390 bits per heavy atom. The molecule has 0 aromatic carbocycles. The molecule has 2 unspecified atom stereocenters. The molecule has 18 nitrogen and oxygen atoms in total. The number of phosphoric acid groups is 1. The number of aliphatic hydroxyl groups excluding tert-OH is 1. The summed E-state index contributed by atoms with van der Waals surface area (Å²) in [7, 11) is -5.40. The number of nitrogens with one attached hydrogen (secondary N) is 3. The van der Waals surface area contributed by atoms with Gasteiger partial charge in [-0.1, -0.05) is 350 Å². The highest BCUT2D eigenvalue weighted by Gasteiger charge is 2.51. The summed E-state index contributed by atoms with van der Waals surface area (Å²) in [6, 6.07) is -4.60. The van der Waals surface area contributed by atoms with Gasteiger partial charge in [0.1, 0.15) is 18.2 Å².